The number of aromatic nitrogens is 8. The summed E-state index contributed by atoms with van der Waals surface area (Å²) in [6.45, 7) is 3.74. The zero-order valence-electron chi connectivity index (χ0n) is 19.7. The van der Waals surface area contributed by atoms with Crippen LogP contribution in [0.5, 0.6) is 11.5 Å². The summed E-state index contributed by atoms with van der Waals surface area (Å²) < 4.78 is 16.3. The van der Waals surface area contributed by atoms with Crippen LogP contribution in [0.3, 0.4) is 0 Å². The number of benzene rings is 1. The van der Waals surface area contributed by atoms with Gasteiger partial charge in [0.1, 0.15) is 19.5 Å². The SMILES string of the molecule is Cn1nnnc1N1CCC(CCn2c(Sc3cc4c(cc3Br)OCCO4)nc3c(N)ncnc32)CC1. The van der Waals surface area contributed by atoms with Gasteiger partial charge in [0.25, 0.3) is 0 Å². The number of ether oxygens (including phenoxy) is 2. The molecular formula is C22H25BrN10O2S. The van der Waals surface area contributed by atoms with Crippen LogP contribution < -0.4 is 20.1 Å². The van der Waals surface area contributed by atoms with E-state index in [4.69, 9.17) is 20.2 Å². The fourth-order valence-electron chi connectivity index (χ4n) is 4.66. The molecule has 0 spiro atoms. The number of imidazole rings is 1. The molecule has 1 fully saturated rings. The Balaban J connectivity index is 1.22. The van der Waals surface area contributed by atoms with E-state index in [2.05, 4.69) is 50.9 Å². The zero-order chi connectivity index (χ0) is 24.6. The van der Waals surface area contributed by atoms with Gasteiger partial charge in [0.2, 0.25) is 5.95 Å². The second kappa shape index (κ2) is 9.73. The maximum atomic E-state index is 6.16. The van der Waals surface area contributed by atoms with Gasteiger partial charge in [-0.05, 0) is 63.7 Å². The van der Waals surface area contributed by atoms with E-state index in [1.54, 1.807) is 16.4 Å². The van der Waals surface area contributed by atoms with Gasteiger partial charge in [-0.1, -0.05) is 16.9 Å². The lowest BCUT2D eigenvalue weighted by molar-refractivity contribution is 0.171. The van der Waals surface area contributed by atoms with Crippen molar-refractivity contribution in [3.05, 3.63) is 22.9 Å². The van der Waals surface area contributed by atoms with E-state index in [1.165, 1.54) is 6.33 Å². The Bertz CT molecular complexity index is 1400. The number of fused-ring (bicyclic) bond motifs is 2. The standard InChI is InChI=1S/C22H25BrN10O2S/c1-31-21(28-29-30-31)32-5-2-13(3-6-32)4-7-33-20-18(19(24)25-12-26-20)27-22(33)36-17-11-16-15(10-14(17)23)34-8-9-35-16/h10-13H,2-9H2,1H3,(H2,24,25,26). The van der Waals surface area contributed by atoms with Crippen LogP contribution in [-0.2, 0) is 13.6 Å². The molecule has 2 aliphatic heterocycles. The zero-order valence-corrected chi connectivity index (χ0v) is 22.1. The van der Waals surface area contributed by atoms with Gasteiger partial charge < -0.3 is 24.7 Å². The number of nitrogens with two attached hydrogens (primary N) is 1. The molecule has 0 amide bonds. The van der Waals surface area contributed by atoms with Crippen LogP contribution in [0, 0.1) is 5.92 Å². The number of rotatable bonds is 6. The van der Waals surface area contributed by atoms with E-state index < -0.39 is 0 Å². The minimum absolute atomic E-state index is 0.382. The van der Waals surface area contributed by atoms with Crippen LogP contribution in [0.1, 0.15) is 19.3 Å². The van der Waals surface area contributed by atoms with Crippen molar-refractivity contribution in [1.29, 1.82) is 0 Å². The maximum absolute atomic E-state index is 6.16. The van der Waals surface area contributed by atoms with Crippen LogP contribution in [0.15, 0.2) is 33.0 Å². The van der Waals surface area contributed by atoms with Crippen LogP contribution in [0.4, 0.5) is 11.8 Å². The van der Waals surface area contributed by atoms with Crippen molar-refractivity contribution >= 4 is 50.6 Å². The molecule has 0 radical (unpaired) electrons. The van der Waals surface area contributed by atoms with Gasteiger partial charge in [-0.2, -0.15) is 0 Å². The highest BCUT2D eigenvalue weighted by molar-refractivity contribution is 9.10. The average Bonchev–Trinajstić information content (AvgIpc) is 3.47. The van der Waals surface area contributed by atoms with Crippen LogP contribution in [0.25, 0.3) is 11.2 Å². The van der Waals surface area contributed by atoms with Crippen molar-refractivity contribution in [3.8, 4) is 11.5 Å². The van der Waals surface area contributed by atoms with Gasteiger partial charge in [0.05, 0.1) is 0 Å². The molecule has 0 saturated carbocycles. The van der Waals surface area contributed by atoms with Gasteiger partial charge in [-0.15, -0.1) is 0 Å². The Morgan fingerprint density at radius 1 is 1.14 bits per heavy atom. The third-order valence-corrected chi connectivity index (χ3v) is 8.55. The van der Waals surface area contributed by atoms with Crippen molar-refractivity contribution in [3.63, 3.8) is 0 Å². The average molecular weight is 573 g/mol. The molecule has 0 bridgehead atoms. The fourth-order valence-corrected chi connectivity index (χ4v) is 6.17. The fraction of sp³-hybridized carbons (Fsp3) is 0.455. The first-order chi connectivity index (χ1) is 17.6. The molecule has 0 aliphatic carbocycles. The molecule has 36 heavy (non-hydrogen) atoms. The minimum atomic E-state index is 0.382. The first kappa shape index (κ1) is 23.3. The summed E-state index contributed by atoms with van der Waals surface area (Å²) in [6, 6.07) is 3.93. The van der Waals surface area contributed by atoms with E-state index in [0.29, 0.717) is 30.5 Å². The molecule has 4 aromatic rings. The molecule has 14 heteroatoms. The number of nitrogens with zero attached hydrogens (tertiary/aromatic N) is 9. The number of hydrogen-bond donors (Lipinski definition) is 1. The monoisotopic (exact) mass is 572 g/mol. The van der Waals surface area contributed by atoms with Gasteiger partial charge in [-0.25, -0.2) is 19.6 Å². The highest BCUT2D eigenvalue weighted by Crippen LogP contribution is 2.42. The normalized spacial score (nSPS) is 16.1. The molecule has 0 unspecified atom stereocenters. The van der Waals surface area contributed by atoms with E-state index in [9.17, 15) is 0 Å². The number of tetrazole rings is 1. The van der Waals surface area contributed by atoms with Gasteiger partial charge in [0, 0.05) is 36.1 Å². The number of anilines is 2. The molecule has 1 saturated heterocycles. The Kier molecular flexibility index (Phi) is 6.29. The summed E-state index contributed by atoms with van der Waals surface area (Å²) >= 11 is 5.23. The third kappa shape index (κ3) is 4.43. The summed E-state index contributed by atoms with van der Waals surface area (Å²) in [7, 11) is 1.87. The second-order valence-corrected chi connectivity index (χ2v) is 10.7. The number of halogens is 1. The minimum Gasteiger partial charge on any atom is -0.486 e. The molecule has 2 aliphatic rings. The van der Waals surface area contributed by atoms with Crippen molar-refractivity contribution in [2.75, 3.05) is 36.9 Å². The number of piperidine rings is 1. The number of nitrogen functional groups attached to an aromatic ring is 1. The molecule has 2 N–H and O–H groups in total. The van der Waals surface area contributed by atoms with E-state index in [1.807, 2.05) is 19.2 Å². The Labute approximate surface area is 219 Å². The molecule has 6 rings (SSSR count). The van der Waals surface area contributed by atoms with Crippen molar-refractivity contribution in [2.24, 2.45) is 13.0 Å². The van der Waals surface area contributed by atoms with Crippen molar-refractivity contribution in [1.82, 2.24) is 39.7 Å². The first-order valence-electron chi connectivity index (χ1n) is 11.8. The number of hydrogen-bond acceptors (Lipinski definition) is 11. The lowest BCUT2D eigenvalue weighted by Gasteiger charge is -2.32. The highest BCUT2D eigenvalue weighted by atomic mass is 79.9. The van der Waals surface area contributed by atoms with Crippen LogP contribution >= 0.6 is 27.7 Å². The van der Waals surface area contributed by atoms with Gasteiger partial charge in [0.15, 0.2) is 33.6 Å². The van der Waals surface area contributed by atoms with Crippen molar-refractivity contribution < 1.29 is 9.47 Å². The first-order valence-corrected chi connectivity index (χ1v) is 13.4. The summed E-state index contributed by atoms with van der Waals surface area (Å²) in [5.41, 5.74) is 7.53. The topological polar surface area (TPSA) is 135 Å². The summed E-state index contributed by atoms with van der Waals surface area (Å²) in [4.78, 5) is 16.7. The Hall–Kier alpha value is -3.13. The van der Waals surface area contributed by atoms with Crippen LogP contribution in [-0.4, -0.2) is 66.0 Å². The van der Waals surface area contributed by atoms with Crippen LogP contribution in [0.2, 0.25) is 0 Å². The Morgan fingerprint density at radius 3 is 2.67 bits per heavy atom. The summed E-state index contributed by atoms with van der Waals surface area (Å²) in [5, 5.41) is 12.7. The maximum Gasteiger partial charge on any atom is 0.245 e. The van der Waals surface area contributed by atoms with E-state index >= 15 is 0 Å². The highest BCUT2D eigenvalue weighted by Gasteiger charge is 2.24. The molecule has 5 heterocycles. The van der Waals surface area contributed by atoms with Crippen molar-refractivity contribution in [2.45, 2.75) is 35.9 Å². The summed E-state index contributed by atoms with van der Waals surface area (Å²) in [5.74, 6) is 3.26. The summed E-state index contributed by atoms with van der Waals surface area (Å²) in [6.07, 6.45) is 4.66. The quantitative estimate of drug-likeness (QED) is 0.365. The van der Waals surface area contributed by atoms with E-state index in [-0.39, 0.29) is 0 Å². The largest absolute Gasteiger partial charge is 0.486 e. The molecule has 3 aromatic heterocycles. The second-order valence-electron chi connectivity index (χ2n) is 8.83. The predicted molar refractivity (Wildman–Crippen MR) is 137 cm³/mol. The molecule has 12 nitrogen and oxygen atoms in total. The molecule has 188 valence electrons. The molecular weight excluding hydrogens is 548 g/mol. The van der Waals surface area contributed by atoms with Gasteiger partial charge >= 0.3 is 0 Å². The smallest absolute Gasteiger partial charge is 0.245 e. The lowest BCUT2D eigenvalue weighted by Crippen LogP contribution is -2.35. The molecule has 0 atom stereocenters. The predicted octanol–water partition coefficient (Wildman–Crippen LogP) is 2.92. The third-order valence-electron chi connectivity index (χ3n) is 6.58. The van der Waals surface area contributed by atoms with E-state index in [0.717, 1.165) is 76.5 Å². The lowest BCUT2D eigenvalue weighted by atomic mass is 9.94. The van der Waals surface area contributed by atoms with Gasteiger partial charge in [-0.3, -0.25) is 0 Å². The number of aryl methyl sites for hydroxylation is 2. The Morgan fingerprint density at radius 2 is 1.92 bits per heavy atom. The molecule has 1 aromatic carbocycles.